The highest BCUT2D eigenvalue weighted by Crippen LogP contribution is 2.04. The molecule has 1 rings (SSSR count). The van der Waals surface area contributed by atoms with E-state index in [1.807, 2.05) is 0 Å². The zero-order chi connectivity index (χ0) is 6.85. The van der Waals surface area contributed by atoms with Crippen LogP contribution in [0, 0.1) is 16.3 Å². The number of aryl methyl sites for hydroxylation is 1. The van der Waals surface area contributed by atoms with Crippen molar-refractivity contribution in [2.75, 3.05) is 0 Å². The first kappa shape index (κ1) is 5.74. The molecular formula is C4H4N3O2. The van der Waals surface area contributed by atoms with Gasteiger partial charge in [-0.15, -0.1) is 4.68 Å². The SMILES string of the molecule is Cn1n[c]cc1[N+](=O)[O-]. The number of hydrogen-bond acceptors (Lipinski definition) is 3. The molecule has 1 heterocycles. The van der Waals surface area contributed by atoms with Gasteiger partial charge in [-0.1, -0.05) is 5.10 Å². The number of nitro groups is 1. The van der Waals surface area contributed by atoms with Gasteiger partial charge in [0.15, 0.2) is 0 Å². The highest BCUT2D eigenvalue weighted by molar-refractivity contribution is 5.14. The Labute approximate surface area is 51.1 Å². The summed E-state index contributed by atoms with van der Waals surface area (Å²) < 4.78 is 1.15. The predicted molar refractivity (Wildman–Crippen MR) is 28.7 cm³/mol. The maximum atomic E-state index is 10.0. The molecule has 5 nitrogen and oxygen atoms in total. The van der Waals surface area contributed by atoms with Crippen molar-refractivity contribution in [3.63, 3.8) is 0 Å². The molecule has 0 fully saturated rings. The molecule has 0 aromatic carbocycles. The summed E-state index contributed by atoms with van der Waals surface area (Å²) in [5.74, 6) is -0.0463. The Bertz CT molecular complexity index is 229. The minimum atomic E-state index is -0.510. The first-order valence-electron chi connectivity index (χ1n) is 2.26. The van der Waals surface area contributed by atoms with Crippen LogP contribution in [-0.2, 0) is 7.05 Å². The third-order valence-corrected chi connectivity index (χ3v) is 0.920. The fraction of sp³-hybridized carbons (Fsp3) is 0.250. The average Bonchev–Trinajstić information content (AvgIpc) is 2.13. The molecule has 9 heavy (non-hydrogen) atoms. The Morgan fingerprint density at radius 1 is 2.00 bits per heavy atom. The second-order valence-electron chi connectivity index (χ2n) is 1.51. The van der Waals surface area contributed by atoms with Crippen LogP contribution in [0.1, 0.15) is 0 Å². The molecule has 0 aliphatic carbocycles. The lowest BCUT2D eigenvalue weighted by molar-refractivity contribution is -0.392. The van der Waals surface area contributed by atoms with Gasteiger partial charge in [0.05, 0.1) is 6.07 Å². The van der Waals surface area contributed by atoms with Crippen molar-refractivity contribution < 1.29 is 4.92 Å². The van der Waals surface area contributed by atoms with E-state index in [-0.39, 0.29) is 5.82 Å². The van der Waals surface area contributed by atoms with Gasteiger partial charge in [0.2, 0.25) is 0 Å². The molecule has 1 aromatic rings. The van der Waals surface area contributed by atoms with Gasteiger partial charge in [0, 0.05) is 0 Å². The van der Waals surface area contributed by atoms with Crippen molar-refractivity contribution in [3.05, 3.63) is 22.4 Å². The van der Waals surface area contributed by atoms with Gasteiger partial charge in [0.25, 0.3) is 0 Å². The van der Waals surface area contributed by atoms with Gasteiger partial charge < -0.3 is 10.1 Å². The minimum absolute atomic E-state index is 0.0463. The predicted octanol–water partition coefficient (Wildman–Crippen LogP) is 0.128. The third-order valence-electron chi connectivity index (χ3n) is 0.920. The highest BCUT2D eigenvalue weighted by atomic mass is 16.6. The zero-order valence-electron chi connectivity index (χ0n) is 4.74. The van der Waals surface area contributed by atoms with Crippen molar-refractivity contribution in [1.82, 2.24) is 9.78 Å². The molecule has 0 atom stereocenters. The first-order valence-corrected chi connectivity index (χ1v) is 2.26. The van der Waals surface area contributed by atoms with Crippen LogP contribution in [0.2, 0.25) is 0 Å². The highest BCUT2D eigenvalue weighted by Gasteiger charge is 2.07. The van der Waals surface area contributed by atoms with Crippen LogP contribution < -0.4 is 0 Å². The summed E-state index contributed by atoms with van der Waals surface area (Å²) in [6.45, 7) is 0. The number of aromatic nitrogens is 2. The summed E-state index contributed by atoms with van der Waals surface area (Å²) in [7, 11) is 1.49. The van der Waals surface area contributed by atoms with Crippen LogP contribution >= 0.6 is 0 Å². The fourth-order valence-corrected chi connectivity index (χ4v) is 0.489. The lowest BCUT2D eigenvalue weighted by atomic mass is 10.7. The summed E-state index contributed by atoms with van der Waals surface area (Å²) in [6.07, 6.45) is 2.35. The summed E-state index contributed by atoms with van der Waals surface area (Å²) in [5, 5.41) is 13.5. The standard InChI is InChI=1S/C4H4N3O2/c1-6-4(7(8)9)2-3-5-6/h2H,1H3. The van der Waals surface area contributed by atoms with Crippen molar-refractivity contribution in [2.45, 2.75) is 0 Å². The van der Waals surface area contributed by atoms with Crippen LogP contribution in [0.3, 0.4) is 0 Å². The lowest BCUT2D eigenvalue weighted by Crippen LogP contribution is -1.97. The van der Waals surface area contributed by atoms with E-state index in [9.17, 15) is 10.1 Å². The van der Waals surface area contributed by atoms with Gasteiger partial charge in [-0.3, -0.25) is 0 Å². The number of nitrogens with zero attached hydrogens (tertiary/aromatic N) is 3. The Hall–Kier alpha value is -1.39. The quantitative estimate of drug-likeness (QED) is 0.397. The second kappa shape index (κ2) is 1.85. The largest absolute Gasteiger partial charge is 0.358 e. The van der Waals surface area contributed by atoms with Crippen molar-refractivity contribution >= 4 is 5.82 Å². The first-order chi connectivity index (χ1) is 4.22. The molecule has 0 saturated heterocycles. The number of rotatable bonds is 1. The van der Waals surface area contributed by atoms with Gasteiger partial charge in [-0.2, -0.15) is 0 Å². The van der Waals surface area contributed by atoms with Gasteiger partial charge >= 0.3 is 5.82 Å². The Morgan fingerprint density at radius 3 is 2.89 bits per heavy atom. The summed E-state index contributed by atoms with van der Waals surface area (Å²) >= 11 is 0. The molecule has 0 aliphatic heterocycles. The average molecular weight is 126 g/mol. The smallest absolute Gasteiger partial charge is 0.345 e. The summed E-state index contributed by atoms with van der Waals surface area (Å²) in [6, 6.07) is 1.22. The van der Waals surface area contributed by atoms with E-state index in [2.05, 4.69) is 11.3 Å². The van der Waals surface area contributed by atoms with Crippen LogP contribution in [0.5, 0.6) is 0 Å². The van der Waals surface area contributed by atoms with E-state index in [0.717, 1.165) is 4.68 Å². The van der Waals surface area contributed by atoms with Crippen LogP contribution in [0.25, 0.3) is 0 Å². The van der Waals surface area contributed by atoms with Crippen molar-refractivity contribution in [1.29, 1.82) is 0 Å². The molecule has 0 bridgehead atoms. The molecule has 5 heteroatoms. The lowest BCUT2D eigenvalue weighted by Gasteiger charge is -1.89. The Kier molecular flexibility index (Phi) is 1.18. The molecule has 1 aromatic heterocycles. The fourth-order valence-electron chi connectivity index (χ4n) is 0.489. The van der Waals surface area contributed by atoms with Crippen molar-refractivity contribution in [3.8, 4) is 0 Å². The normalized spacial score (nSPS) is 9.44. The summed E-state index contributed by atoms with van der Waals surface area (Å²) in [5.41, 5.74) is 0. The van der Waals surface area contributed by atoms with E-state index in [1.54, 1.807) is 0 Å². The molecule has 0 saturated carbocycles. The molecule has 47 valence electrons. The molecule has 0 aliphatic rings. The minimum Gasteiger partial charge on any atom is -0.358 e. The Morgan fingerprint density at radius 2 is 2.67 bits per heavy atom. The van der Waals surface area contributed by atoms with Crippen molar-refractivity contribution in [2.24, 2.45) is 7.05 Å². The molecule has 0 N–H and O–H groups in total. The zero-order valence-corrected chi connectivity index (χ0v) is 4.74. The van der Waals surface area contributed by atoms with E-state index in [1.165, 1.54) is 13.1 Å². The maximum absolute atomic E-state index is 10.0. The van der Waals surface area contributed by atoms with Crippen LogP contribution in [0.4, 0.5) is 5.82 Å². The topological polar surface area (TPSA) is 61.0 Å². The van der Waals surface area contributed by atoms with Gasteiger partial charge in [-0.05, 0) is 4.92 Å². The number of hydrogen-bond donors (Lipinski definition) is 0. The van der Waals surface area contributed by atoms with E-state index < -0.39 is 4.92 Å². The molecular weight excluding hydrogens is 122 g/mol. The second-order valence-corrected chi connectivity index (χ2v) is 1.51. The molecule has 1 radical (unpaired) electrons. The van der Waals surface area contributed by atoms with E-state index >= 15 is 0 Å². The van der Waals surface area contributed by atoms with E-state index in [0.29, 0.717) is 0 Å². The Balaban J connectivity index is 3.08. The maximum Gasteiger partial charge on any atom is 0.345 e. The monoisotopic (exact) mass is 126 g/mol. The van der Waals surface area contributed by atoms with Gasteiger partial charge in [0.1, 0.15) is 13.2 Å². The molecule has 0 unspecified atom stereocenters. The van der Waals surface area contributed by atoms with Crippen LogP contribution in [0.15, 0.2) is 6.07 Å². The van der Waals surface area contributed by atoms with E-state index in [4.69, 9.17) is 0 Å². The van der Waals surface area contributed by atoms with Gasteiger partial charge in [-0.25, -0.2) is 0 Å². The molecule has 0 amide bonds. The summed E-state index contributed by atoms with van der Waals surface area (Å²) in [4.78, 5) is 9.50. The molecule has 0 spiro atoms. The third kappa shape index (κ3) is 0.883. The van der Waals surface area contributed by atoms with Crippen LogP contribution in [-0.4, -0.2) is 14.7 Å².